The minimum absolute atomic E-state index is 0.109. The number of hydrogen-bond acceptors (Lipinski definition) is 8. The third-order valence-corrected chi connectivity index (χ3v) is 6.12. The maximum Gasteiger partial charge on any atom is 0.227 e. The lowest BCUT2D eigenvalue weighted by atomic mass is 9.92. The molecule has 0 saturated heterocycles. The van der Waals surface area contributed by atoms with Crippen LogP contribution in [0, 0.1) is 13.8 Å². The van der Waals surface area contributed by atoms with Crippen molar-refractivity contribution < 1.29 is 28.9 Å². The van der Waals surface area contributed by atoms with Gasteiger partial charge in [-0.1, -0.05) is 36.4 Å². The first-order valence-electron chi connectivity index (χ1n) is 11.5. The second kappa shape index (κ2) is 11.3. The summed E-state index contributed by atoms with van der Waals surface area (Å²) in [4.78, 5) is 30.1. The van der Waals surface area contributed by atoms with Crippen LogP contribution in [0.5, 0.6) is 23.5 Å². The summed E-state index contributed by atoms with van der Waals surface area (Å²) in [5.41, 5.74) is 6.66. The smallest absolute Gasteiger partial charge is 0.227 e. The molecule has 0 atom stereocenters. The van der Waals surface area contributed by atoms with Gasteiger partial charge in [0, 0.05) is 12.1 Å². The third-order valence-electron chi connectivity index (χ3n) is 6.12. The average molecular weight is 499 g/mol. The summed E-state index contributed by atoms with van der Waals surface area (Å²) in [6.45, 7) is 4.62. The summed E-state index contributed by atoms with van der Waals surface area (Å²) < 4.78 is 16.8. The minimum atomic E-state index is -0.360. The van der Waals surface area contributed by atoms with Crippen LogP contribution in [0.2, 0.25) is 0 Å². The van der Waals surface area contributed by atoms with Gasteiger partial charge < -0.3 is 19.3 Å². The van der Waals surface area contributed by atoms with E-state index in [0.29, 0.717) is 30.6 Å². The van der Waals surface area contributed by atoms with E-state index in [9.17, 15) is 14.7 Å². The maximum atomic E-state index is 11.1. The van der Waals surface area contributed by atoms with E-state index in [1.54, 1.807) is 18.2 Å². The summed E-state index contributed by atoms with van der Waals surface area (Å²) in [7, 11) is 1.46. The first-order valence-corrected chi connectivity index (χ1v) is 11.5. The Kier molecular flexibility index (Phi) is 7.78. The summed E-state index contributed by atoms with van der Waals surface area (Å²) in [5.74, 6) is 0.455. The lowest BCUT2D eigenvalue weighted by molar-refractivity contribution is 0.111. The zero-order valence-electron chi connectivity index (χ0n) is 20.7. The zero-order chi connectivity index (χ0) is 26.4. The molecule has 2 aromatic heterocycles. The van der Waals surface area contributed by atoms with E-state index in [4.69, 9.17) is 14.2 Å². The normalized spacial score (nSPS) is 10.6. The second-order valence-electron chi connectivity index (χ2n) is 8.30. The predicted molar refractivity (Wildman–Crippen MR) is 137 cm³/mol. The molecule has 37 heavy (non-hydrogen) atoms. The minimum Gasteiger partial charge on any atom is -0.493 e. The van der Waals surface area contributed by atoms with E-state index < -0.39 is 0 Å². The molecule has 0 radical (unpaired) electrons. The summed E-state index contributed by atoms with van der Waals surface area (Å²) >= 11 is 0. The number of nitrogens with zero attached hydrogens (tertiary/aromatic N) is 2. The second-order valence-corrected chi connectivity index (χ2v) is 8.30. The van der Waals surface area contributed by atoms with E-state index in [1.807, 2.05) is 38.1 Å². The fourth-order valence-electron chi connectivity index (χ4n) is 3.95. The molecular weight excluding hydrogens is 472 g/mol. The van der Waals surface area contributed by atoms with Crippen molar-refractivity contribution in [2.24, 2.45) is 0 Å². The number of pyridine rings is 2. The molecule has 0 spiro atoms. The monoisotopic (exact) mass is 498 g/mol. The number of ether oxygens (including phenoxy) is 3. The lowest BCUT2D eigenvalue weighted by Gasteiger charge is -2.16. The number of aromatic nitrogens is 2. The highest BCUT2D eigenvalue weighted by molar-refractivity contribution is 5.78. The fourth-order valence-corrected chi connectivity index (χ4v) is 3.95. The maximum absolute atomic E-state index is 11.1. The highest BCUT2D eigenvalue weighted by atomic mass is 16.5. The molecule has 0 aliphatic carbocycles. The highest BCUT2D eigenvalue weighted by Gasteiger charge is 2.13. The van der Waals surface area contributed by atoms with Gasteiger partial charge in [-0.25, -0.2) is 0 Å². The van der Waals surface area contributed by atoms with Crippen molar-refractivity contribution in [2.45, 2.75) is 27.1 Å². The highest BCUT2D eigenvalue weighted by Crippen LogP contribution is 2.31. The van der Waals surface area contributed by atoms with Crippen LogP contribution < -0.4 is 14.2 Å². The molecular formula is C29H26N2O6. The van der Waals surface area contributed by atoms with Gasteiger partial charge in [0.15, 0.2) is 12.6 Å². The number of carbonyl (C=O) groups is 2. The Balaban J connectivity index is 1.53. The third kappa shape index (κ3) is 5.59. The molecule has 1 N–H and O–H groups in total. The first kappa shape index (κ1) is 25.4. The molecule has 0 saturated carbocycles. The van der Waals surface area contributed by atoms with Crippen molar-refractivity contribution in [3.63, 3.8) is 0 Å². The van der Waals surface area contributed by atoms with Crippen LogP contribution in [0.25, 0.3) is 11.1 Å². The van der Waals surface area contributed by atoms with Gasteiger partial charge in [0.2, 0.25) is 23.5 Å². The van der Waals surface area contributed by atoms with E-state index in [1.165, 1.54) is 13.2 Å². The molecule has 0 amide bonds. The van der Waals surface area contributed by atoms with Gasteiger partial charge in [-0.2, -0.15) is 9.97 Å². The van der Waals surface area contributed by atoms with Crippen LogP contribution in [0.15, 0.2) is 60.7 Å². The predicted octanol–water partition coefficient (Wildman–Crippen LogP) is 5.26. The van der Waals surface area contributed by atoms with Crippen LogP contribution in [-0.4, -0.2) is 34.8 Å². The van der Waals surface area contributed by atoms with Crippen molar-refractivity contribution >= 4 is 12.6 Å². The van der Waals surface area contributed by atoms with Gasteiger partial charge in [-0.3, -0.25) is 9.59 Å². The Labute approximate surface area is 214 Å². The fraction of sp³-hybridized carbons (Fsp3) is 0.172. The lowest BCUT2D eigenvalue weighted by Crippen LogP contribution is -2.04. The van der Waals surface area contributed by atoms with Crippen LogP contribution in [0.4, 0.5) is 0 Å². The number of methoxy groups -OCH3 is 1. The molecule has 8 nitrogen and oxygen atoms in total. The number of aromatic hydroxyl groups is 1. The summed E-state index contributed by atoms with van der Waals surface area (Å²) in [6.07, 6.45) is 1.23. The van der Waals surface area contributed by atoms with Crippen LogP contribution in [0.3, 0.4) is 0 Å². The molecule has 0 bridgehead atoms. The molecule has 4 aromatic rings. The summed E-state index contributed by atoms with van der Waals surface area (Å²) in [5, 5.41) is 9.80. The van der Waals surface area contributed by atoms with Gasteiger partial charge >= 0.3 is 0 Å². The SMILES string of the molecule is COc1nc(OCc2cccc(-c3cccc(COc4ccc(C=O)c(O)n4)c3C)c2C)ccc1C=O. The molecule has 8 heteroatoms. The van der Waals surface area contributed by atoms with Crippen molar-refractivity contribution in [3.8, 4) is 34.6 Å². The molecule has 0 aliphatic heterocycles. The van der Waals surface area contributed by atoms with Crippen LogP contribution >= 0.6 is 0 Å². The van der Waals surface area contributed by atoms with Gasteiger partial charge in [0.1, 0.15) is 13.2 Å². The number of carbonyl (C=O) groups excluding carboxylic acids is 2. The van der Waals surface area contributed by atoms with Crippen LogP contribution in [0.1, 0.15) is 43.0 Å². The number of rotatable bonds is 10. The van der Waals surface area contributed by atoms with Gasteiger partial charge in [-0.05, 0) is 59.4 Å². The molecule has 0 aliphatic rings. The Hall–Kier alpha value is -4.72. The van der Waals surface area contributed by atoms with Crippen molar-refractivity contribution in [1.29, 1.82) is 0 Å². The quantitative estimate of drug-likeness (QED) is 0.295. The standard InChI is InChI=1S/C29H26N2O6/c1-18-22(16-36-26-12-10-20(14-32)28(34)30-26)6-4-8-24(18)25-9-5-7-23(19(25)2)17-37-27-13-11-21(15-33)29(31-27)35-3/h4-15H,16-17H2,1-3H3,(H,30,34). The number of benzene rings is 2. The molecule has 2 heterocycles. The van der Waals surface area contributed by atoms with E-state index >= 15 is 0 Å². The topological polar surface area (TPSA) is 108 Å². The molecule has 0 unspecified atom stereocenters. The Morgan fingerprint density at radius 2 is 1.24 bits per heavy atom. The first-order chi connectivity index (χ1) is 17.9. The molecule has 2 aromatic carbocycles. The van der Waals surface area contributed by atoms with Gasteiger partial charge in [-0.15, -0.1) is 0 Å². The van der Waals surface area contributed by atoms with E-state index in [2.05, 4.69) is 22.1 Å². The Morgan fingerprint density at radius 1 is 0.730 bits per heavy atom. The summed E-state index contributed by atoms with van der Waals surface area (Å²) in [6, 6.07) is 18.3. The molecule has 188 valence electrons. The van der Waals surface area contributed by atoms with Crippen molar-refractivity contribution in [2.75, 3.05) is 7.11 Å². The molecule has 0 fully saturated rings. The van der Waals surface area contributed by atoms with Crippen molar-refractivity contribution in [1.82, 2.24) is 9.97 Å². The largest absolute Gasteiger partial charge is 0.493 e. The average Bonchev–Trinajstić information content (AvgIpc) is 2.92. The van der Waals surface area contributed by atoms with Gasteiger partial charge in [0.05, 0.1) is 18.2 Å². The van der Waals surface area contributed by atoms with Crippen molar-refractivity contribution in [3.05, 3.63) is 94.0 Å². The van der Waals surface area contributed by atoms with E-state index in [-0.39, 0.29) is 29.8 Å². The number of aldehydes is 2. The number of hydrogen-bond donors (Lipinski definition) is 1. The Morgan fingerprint density at radius 3 is 1.73 bits per heavy atom. The molecule has 4 rings (SSSR count). The van der Waals surface area contributed by atoms with E-state index in [0.717, 1.165) is 33.4 Å². The van der Waals surface area contributed by atoms with Gasteiger partial charge in [0.25, 0.3) is 0 Å². The van der Waals surface area contributed by atoms with Crippen LogP contribution in [-0.2, 0) is 13.2 Å². The zero-order valence-corrected chi connectivity index (χ0v) is 20.7. The Bertz CT molecular complexity index is 1450.